The zero-order valence-electron chi connectivity index (χ0n) is 15.8. The molecule has 0 aliphatic rings. The van der Waals surface area contributed by atoms with Gasteiger partial charge in [0.2, 0.25) is 0 Å². The van der Waals surface area contributed by atoms with Crippen molar-refractivity contribution in [2.45, 2.75) is 51.4 Å². The normalized spacial score (nSPS) is 10.7. The van der Waals surface area contributed by atoms with E-state index in [4.69, 9.17) is 19.7 Å². The molecule has 0 heterocycles. The standard InChI is InChI=1S/C18H36N2O6/c21-13-3-1-9-19-11-7-17(23)25-15-5-6-16-26-18(24)8-12-20-10-2-4-14-22/h19-22H,1-16H2. The van der Waals surface area contributed by atoms with Crippen molar-refractivity contribution in [3.8, 4) is 0 Å². The molecule has 154 valence electrons. The van der Waals surface area contributed by atoms with Gasteiger partial charge in [0.1, 0.15) is 0 Å². The third-order valence-corrected chi connectivity index (χ3v) is 3.60. The molecule has 0 rings (SSSR count). The number of carbonyl (C=O) groups excluding carboxylic acids is 2. The van der Waals surface area contributed by atoms with Gasteiger partial charge in [-0.2, -0.15) is 0 Å². The monoisotopic (exact) mass is 376 g/mol. The number of unbranched alkanes of at least 4 members (excludes halogenated alkanes) is 3. The molecule has 8 heteroatoms. The van der Waals surface area contributed by atoms with E-state index >= 15 is 0 Å². The van der Waals surface area contributed by atoms with Gasteiger partial charge in [-0.1, -0.05) is 0 Å². The summed E-state index contributed by atoms with van der Waals surface area (Å²) < 4.78 is 10.2. The smallest absolute Gasteiger partial charge is 0.307 e. The molecule has 0 radical (unpaired) electrons. The first-order valence-corrected chi connectivity index (χ1v) is 9.65. The van der Waals surface area contributed by atoms with Crippen LogP contribution in [-0.4, -0.2) is 74.8 Å². The summed E-state index contributed by atoms with van der Waals surface area (Å²) in [4.78, 5) is 23.0. The van der Waals surface area contributed by atoms with E-state index in [-0.39, 0.29) is 25.2 Å². The van der Waals surface area contributed by atoms with Crippen LogP contribution in [-0.2, 0) is 19.1 Å². The Bertz CT molecular complexity index is 310. The fraction of sp³-hybridized carbons (Fsp3) is 0.889. The van der Waals surface area contributed by atoms with Crippen LogP contribution in [0.5, 0.6) is 0 Å². The van der Waals surface area contributed by atoms with Crippen molar-refractivity contribution in [2.75, 3.05) is 52.6 Å². The highest BCUT2D eigenvalue weighted by atomic mass is 16.5. The molecule has 0 fully saturated rings. The van der Waals surface area contributed by atoms with Gasteiger partial charge < -0.3 is 30.3 Å². The number of carbonyl (C=O) groups is 2. The molecule has 0 aromatic carbocycles. The molecular weight excluding hydrogens is 340 g/mol. The zero-order valence-corrected chi connectivity index (χ0v) is 15.8. The number of rotatable bonds is 19. The molecule has 0 bridgehead atoms. The second kappa shape index (κ2) is 20.1. The van der Waals surface area contributed by atoms with Crippen molar-refractivity contribution in [1.82, 2.24) is 10.6 Å². The molecule has 4 N–H and O–H groups in total. The van der Waals surface area contributed by atoms with Gasteiger partial charge >= 0.3 is 11.9 Å². The molecule has 0 spiro atoms. The van der Waals surface area contributed by atoms with Crippen LogP contribution in [0.3, 0.4) is 0 Å². The fourth-order valence-corrected chi connectivity index (χ4v) is 2.07. The van der Waals surface area contributed by atoms with E-state index in [1.165, 1.54) is 0 Å². The average Bonchev–Trinajstić information content (AvgIpc) is 2.63. The molecule has 0 aromatic rings. The predicted octanol–water partition coefficient (Wildman–Crippen LogP) is 0.357. The topological polar surface area (TPSA) is 117 Å². The van der Waals surface area contributed by atoms with Crippen LogP contribution < -0.4 is 10.6 Å². The largest absolute Gasteiger partial charge is 0.466 e. The van der Waals surface area contributed by atoms with Crippen LogP contribution in [0, 0.1) is 0 Å². The zero-order chi connectivity index (χ0) is 19.3. The van der Waals surface area contributed by atoms with E-state index in [0.717, 1.165) is 38.8 Å². The summed E-state index contributed by atoms with van der Waals surface area (Å²) in [6, 6.07) is 0. The van der Waals surface area contributed by atoms with Crippen LogP contribution in [0.2, 0.25) is 0 Å². The molecular formula is C18H36N2O6. The van der Waals surface area contributed by atoms with Gasteiger partial charge in [-0.05, 0) is 51.6 Å². The van der Waals surface area contributed by atoms with E-state index in [9.17, 15) is 9.59 Å². The lowest BCUT2D eigenvalue weighted by molar-refractivity contribution is -0.146. The Balaban J connectivity index is 3.28. The Kier molecular flexibility index (Phi) is 19.2. The van der Waals surface area contributed by atoms with Gasteiger partial charge in [-0.25, -0.2) is 0 Å². The summed E-state index contributed by atoms with van der Waals surface area (Å²) in [5.74, 6) is -0.465. The molecule has 0 aromatic heterocycles. The summed E-state index contributed by atoms with van der Waals surface area (Å²) >= 11 is 0. The Hall–Kier alpha value is -1.22. The lowest BCUT2D eigenvalue weighted by Crippen LogP contribution is -2.21. The van der Waals surface area contributed by atoms with Crippen molar-refractivity contribution in [3.63, 3.8) is 0 Å². The number of hydrogen-bond donors (Lipinski definition) is 4. The van der Waals surface area contributed by atoms with Crippen molar-refractivity contribution in [3.05, 3.63) is 0 Å². The van der Waals surface area contributed by atoms with E-state index in [1.807, 2.05) is 0 Å². The first kappa shape index (κ1) is 24.8. The first-order valence-electron chi connectivity index (χ1n) is 9.65. The summed E-state index contributed by atoms with van der Waals surface area (Å²) in [6.07, 6.45) is 5.32. The highest BCUT2D eigenvalue weighted by Crippen LogP contribution is 1.96. The maximum Gasteiger partial charge on any atom is 0.307 e. The van der Waals surface area contributed by atoms with Gasteiger partial charge in [0.05, 0.1) is 26.1 Å². The van der Waals surface area contributed by atoms with Crippen LogP contribution in [0.15, 0.2) is 0 Å². The van der Waals surface area contributed by atoms with Crippen LogP contribution in [0.1, 0.15) is 51.4 Å². The minimum Gasteiger partial charge on any atom is -0.466 e. The minimum atomic E-state index is -0.232. The van der Waals surface area contributed by atoms with Crippen LogP contribution in [0.25, 0.3) is 0 Å². The molecule has 0 amide bonds. The first-order chi connectivity index (χ1) is 12.7. The van der Waals surface area contributed by atoms with Crippen LogP contribution in [0.4, 0.5) is 0 Å². The number of aliphatic hydroxyl groups excluding tert-OH is 2. The molecule has 0 unspecified atom stereocenters. The number of nitrogens with one attached hydrogen (secondary N) is 2. The van der Waals surface area contributed by atoms with E-state index in [0.29, 0.717) is 52.0 Å². The van der Waals surface area contributed by atoms with E-state index in [1.54, 1.807) is 0 Å². The van der Waals surface area contributed by atoms with Gasteiger partial charge in [0, 0.05) is 26.3 Å². The SMILES string of the molecule is O=C(CCNCCCCO)OCCCCOC(=O)CCNCCCCO. The molecule has 0 aliphatic heterocycles. The average molecular weight is 376 g/mol. The maximum atomic E-state index is 11.5. The summed E-state index contributed by atoms with van der Waals surface area (Å²) in [6.45, 7) is 3.81. The van der Waals surface area contributed by atoms with E-state index < -0.39 is 0 Å². The van der Waals surface area contributed by atoms with Crippen LogP contribution >= 0.6 is 0 Å². The third kappa shape index (κ3) is 19.1. The Morgan fingerprint density at radius 3 is 1.42 bits per heavy atom. The highest BCUT2D eigenvalue weighted by molar-refractivity contribution is 5.69. The van der Waals surface area contributed by atoms with Crippen molar-refractivity contribution < 1.29 is 29.3 Å². The van der Waals surface area contributed by atoms with Crippen molar-refractivity contribution in [1.29, 1.82) is 0 Å². The van der Waals surface area contributed by atoms with E-state index in [2.05, 4.69) is 10.6 Å². The van der Waals surface area contributed by atoms with Gasteiger partial charge in [0.15, 0.2) is 0 Å². The third-order valence-electron chi connectivity index (χ3n) is 3.60. The second-order valence-electron chi connectivity index (χ2n) is 6.01. The predicted molar refractivity (Wildman–Crippen MR) is 98.8 cm³/mol. The number of esters is 2. The van der Waals surface area contributed by atoms with Crippen molar-refractivity contribution >= 4 is 11.9 Å². The quantitative estimate of drug-likeness (QED) is 0.189. The second-order valence-corrected chi connectivity index (χ2v) is 6.01. The van der Waals surface area contributed by atoms with Crippen molar-refractivity contribution in [2.24, 2.45) is 0 Å². The Morgan fingerprint density at radius 1 is 0.615 bits per heavy atom. The summed E-state index contributed by atoms with van der Waals surface area (Å²) in [5, 5.41) is 23.5. The molecule has 26 heavy (non-hydrogen) atoms. The van der Waals surface area contributed by atoms with Gasteiger partial charge in [-0.15, -0.1) is 0 Å². The maximum absolute atomic E-state index is 11.5. The molecule has 0 saturated carbocycles. The number of aliphatic hydroxyl groups is 2. The molecule has 0 saturated heterocycles. The van der Waals surface area contributed by atoms with Gasteiger partial charge in [0.25, 0.3) is 0 Å². The minimum absolute atomic E-state index is 0.196. The Morgan fingerprint density at radius 2 is 1.04 bits per heavy atom. The highest BCUT2D eigenvalue weighted by Gasteiger charge is 2.04. The fourth-order valence-electron chi connectivity index (χ4n) is 2.07. The molecule has 0 aliphatic carbocycles. The Labute approximate surface area is 156 Å². The molecule has 8 nitrogen and oxygen atoms in total. The summed E-state index contributed by atoms with van der Waals surface area (Å²) in [7, 11) is 0. The number of hydrogen-bond acceptors (Lipinski definition) is 8. The molecule has 0 atom stereocenters. The summed E-state index contributed by atoms with van der Waals surface area (Å²) in [5.41, 5.74) is 0. The lowest BCUT2D eigenvalue weighted by Gasteiger charge is -2.07. The number of ether oxygens (including phenoxy) is 2. The lowest BCUT2D eigenvalue weighted by atomic mass is 10.3. The van der Waals surface area contributed by atoms with Gasteiger partial charge in [-0.3, -0.25) is 9.59 Å².